The Labute approximate surface area is 107 Å². The molecule has 0 aliphatic carbocycles. The number of allylic oxidation sites excluding steroid dienone is 1. The molecule has 18 heavy (non-hydrogen) atoms. The van der Waals surface area contributed by atoms with Crippen molar-refractivity contribution in [1.82, 2.24) is 15.1 Å². The summed E-state index contributed by atoms with van der Waals surface area (Å²) in [5, 5.41) is 2.59. The molecule has 0 spiro atoms. The lowest BCUT2D eigenvalue weighted by Gasteiger charge is -2.35. The zero-order valence-corrected chi connectivity index (χ0v) is 10.6. The summed E-state index contributed by atoms with van der Waals surface area (Å²) in [4.78, 5) is 27.0. The van der Waals surface area contributed by atoms with E-state index in [-0.39, 0.29) is 11.9 Å². The lowest BCUT2D eigenvalue weighted by Crippen LogP contribution is -2.53. The van der Waals surface area contributed by atoms with Gasteiger partial charge < -0.3 is 19.9 Å². The van der Waals surface area contributed by atoms with E-state index >= 15 is 0 Å². The van der Waals surface area contributed by atoms with Crippen LogP contribution < -0.4 is 5.32 Å². The number of hydrogen-bond acceptors (Lipinski definition) is 3. The molecule has 0 aromatic heterocycles. The van der Waals surface area contributed by atoms with Gasteiger partial charge in [0.1, 0.15) is 0 Å². The van der Waals surface area contributed by atoms with Crippen molar-refractivity contribution >= 4 is 11.9 Å². The SMILES string of the molecule is CNC(=O)N1CCN(C(=O)C2=CCCCO2)CC1. The highest BCUT2D eigenvalue weighted by Gasteiger charge is 2.26. The number of nitrogens with one attached hydrogen (secondary N) is 1. The largest absolute Gasteiger partial charge is 0.488 e. The molecule has 0 aromatic rings. The van der Waals surface area contributed by atoms with E-state index in [1.807, 2.05) is 6.08 Å². The molecular weight excluding hydrogens is 234 g/mol. The molecule has 1 fully saturated rings. The Morgan fingerprint density at radius 2 is 1.89 bits per heavy atom. The zero-order chi connectivity index (χ0) is 13.0. The zero-order valence-electron chi connectivity index (χ0n) is 10.6. The van der Waals surface area contributed by atoms with Crippen molar-refractivity contribution < 1.29 is 14.3 Å². The average Bonchev–Trinajstić information content (AvgIpc) is 2.47. The van der Waals surface area contributed by atoms with Crippen LogP contribution in [-0.2, 0) is 9.53 Å². The van der Waals surface area contributed by atoms with Gasteiger partial charge in [-0.2, -0.15) is 0 Å². The van der Waals surface area contributed by atoms with Crippen LogP contribution in [0.5, 0.6) is 0 Å². The summed E-state index contributed by atoms with van der Waals surface area (Å²) in [5.41, 5.74) is 0. The van der Waals surface area contributed by atoms with E-state index in [1.54, 1.807) is 16.8 Å². The summed E-state index contributed by atoms with van der Waals surface area (Å²) in [6.07, 6.45) is 3.73. The molecule has 0 atom stereocenters. The van der Waals surface area contributed by atoms with Crippen LogP contribution >= 0.6 is 0 Å². The van der Waals surface area contributed by atoms with Crippen LogP contribution in [0.2, 0.25) is 0 Å². The van der Waals surface area contributed by atoms with Crippen LogP contribution in [0.15, 0.2) is 11.8 Å². The molecule has 3 amide bonds. The van der Waals surface area contributed by atoms with E-state index in [2.05, 4.69) is 5.32 Å². The summed E-state index contributed by atoms with van der Waals surface area (Å²) < 4.78 is 5.37. The van der Waals surface area contributed by atoms with Crippen LogP contribution in [-0.4, -0.2) is 61.6 Å². The second kappa shape index (κ2) is 5.75. The number of nitrogens with zero attached hydrogens (tertiary/aromatic N) is 2. The fourth-order valence-corrected chi connectivity index (χ4v) is 2.13. The van der Waals surface area contributed by atoms with E-state index in [0.717, 1.165) is 12.8 Å². The first-order valence-electron chi connectivity index (χ1n) is 6.31. The predicted molar refractivity (Wildman–Crippen MR) is 65.9 cm³/mol. The van der Waals surface area contributed by atoms with Gasteiger partial charge in [-0.05, 0) is 18.9 Å². The molecule has 2 heterocycles. The molecule has 0 bridgehead atoms. The molecule has 1 saturated heterocycles. The molecule has 0 saturated carbocycles. The van der Waals surface area contributed by atoms with Crippen molar-refractivity contribution in [1.29, 1.82) is 0 Å². The van der Waals surface area contributed by atoms with Gasteiger partial charge >= 0.3 is 6.03 Å². The van der Waals surface area contributed by atoms with Crippen LogP contribution in [0.3, 0.4) is 0 Å². The third-order valence-electron chi connectivity index (χ3n) is 3.21. The van der Waals surface area contributed by atoms with Gasteiger partial charge in [0.25, 0.3) is 5.91 Å². The quantitative estimate of drug-likeness (QED) is 0.724. The summed E-state index contributed by atoms with van der Waals surface area (Å²) in [7, 11) is 1.61. The molecule has 0 aromatic carbocycles. The van der Waals surface area contributed by atoms with Gasteiger partial charge in [-0.15, -0.1) is 0 Å². The molecule has 100 valence electrons. The minimum absolute atomic E-state index is 0.0498. The highest BCUT2D eigenvalue weighted by molar-refractivity contribution is 5.91. The molecular formula is C12H19N3O3. The summed E-state index contributed by atoms with van der Waals surface area (Å²) in [6.45, 7) is 2.88. The maximum atomic E-state index is 12.1. The lowest BCUT2D eigenvalue weighted by molar-refractivity contribution is -0.132. The van der Waals surface area contributed by atoms with Gasteiger partial charge in [-0.25, -0.2) is 4.79 Å². The van der Waals surface area contributed by atoms with Gasteiger partial charge in [0, 0.05) is 33.2 Å². The minimum Gasteiger partial charge on any atom is -0.488 e. The minimum atomic E-state index is -0.0877. The van der Waals surface area contributed by atoms with Gasteiger partial charge in [-0.1, -0.05) is 0 Å². The second-order valence-corrected chi connectivity index (χ2v) is 4.39. The molecule has 1 N–H and O–H groups in total. The first-order chi connectivity index (χ1) is 8.72. The third-order valence-corrected chi connectivity index (χ3v) is 3.21. The number of ether oxygens (including phenoxy) is 1. The Hall–Kier alpha value is -1.72. The molecule has 6 nitrogen and oxygen atoms in total. The average molecular weight is 253 g/mol. The maximum absolute atomic E-state index is 12.1. The first-order valence-corrected chi connectivity index (χ1v) is 6.31. The normalized spacial score (nSPS) is 19.9. The predicted octanol–water partition coefficient (Wildman–Crippen LogP) is 0.164. The van der Waals surface area contributed by atoms with Crippen LogP contribution in [0.4, 0.5) is 4.79 Å². The van der Waals surface area contributed by atoms with Crippen LogP contribution in [0.1, 0.15) is 12.8 Å². The number of piperazine rings is 1. The smallest absolute Gasteiger partial charge is 0.317 e. The van der Waals surface area contributed by atoms with Gasteiger partial charge in [0.15, 0.2) is 5.76 Å². The fourth-order valence-electron chi connectivity index (χ4n) is 2.13. The fraction of sp³-hybridized carbons (Fsp3) is 0.667. The molecule has 2 aliphatic rings. The van der Waals surface area contributed by atoms with E-state index < -0.39 is 0 Å². The van der Waals surface area contributed by atoms with Crippen LogP contribution in [0.25, 0.3) is 0 Å². The van der Waals surface area contributed by atoms with Crippen molar-refractivity contribution in [3.8, 4) is 0 Å². The van der Waals surface area contributed by atoms with Crippen molar-refractivity contribution in [2.24, 2.45) is 0 Å². The number of rotatable bonds is 1. The Morgan fingerprint density at radius 3 is 2.44 bits per heavy atom. The molecule has 6 heteroatoms. The van der Waals surface area contributed by atoms with E-state index in [4.69, 9.17) is 4.74 Å². The number of carbonyl (C=O) groups excluding carboxylic acids is 2. The topological polar surface area (TPSA) is 61.9 Å². The van der Waals surface area contributed by atoms with Crippen LogP contribution in [0, 0.1) is 0 Å². The highest BCUT2D eigenvalue weighted by atomic mass is 16.5. The number of hydrogen-bond donors (Lipinski definition) is 1. The van der Waals surface area contributed by atoms with Crippen molar-refractivity contribution in [2.75, 3.05) is 39.8 Å². The maximum Gasteiger partial charge on any atom is 0.317 e. The summed E-state index contributed by atoms with van der Waals surface area (Å²) in [6, 6.07) is -0.0877. The molecule has 2 rings (SSSR count). The number of carbonyl (C=O) groups is 2. The Kier molecular flexibility index (Phi) is 4.07. The van der Waals surface area contributed by atoms with Crippen molar-refractivity contribution in [3.63, 3.8) is 0 Å². The van der Waals surface area contributed by atoms with E-state index in [9.17, 15) is 9.59 Å². The molecule has 0 radical (unpaired) electrons. The monoisotopic (exact) mass is 253 g/mol. The second-order valence-electron chi connectivity index (χ2n) is 4.39. The van der Waals surface area contributed by atoms with Gasteiger partial charge in [-0.3, -0.25) is 4.79 Å². The number of urea groups is 1. The first kappa shape index (κ1) is 12.7. The third kappa shape index (κ3) is 2.75. The summed E-state index contributed by atoms with van der Waals surface area (Å²) >= 11 is 0. The standard InChI is InChI=1S/C12H19N3O3/c1-13-12(17)15-7-5-14(6-8-15)11(16)10-4-2-3-9-18-10/h4H,2-3,5-9H2,1H3,(H,13,17). The Bertz CT molecular complexity index is 360. The van der Waals surface area contributed by atoms with Gasteiger partial charge in [0.2, 0.25) is 0 Å². The molecule has 2 aliphatic heterocycles. The lowest BCUT2D eigenvalue weighted by atomic mass is 10.2. The van der Waals surface area contributed by atoms with E-state index in [0.29, 0.717) is 38.5 Å². The van der Waals surface area contributed by atoms with Gasteiger partial charge in [0.05, 0.1) is 6.61 Å². The van der Waals surface area contributed by atoms with Crippen molar-refractivity contribution in [2.45, 2.75) is 12.8 Å². The molecule has 0 unspecified atom stereocenters. The Balaban J connectivity index is 1.87. The van der Waals surface area contributed by atoms with Crippen molar-refractivity contribution in [3.05, 3.63) is 11.8 Å². The van der Waals surface area contributed by atoms with E-state index in [1.165, 1.54) is 0 Å². The summed E-state index contributed by atoms with van der Waals surface area (Å²) in [5.74, 6) is 0.417. The number of amides is 3. The Morgan fingerprint density at radius 1 is 1.22 bits per heavy atom. The highest BCUT2D eigenvalue weighted by Crippen LogP contribution is 2.14.